The van der Waals surface area contributed by atoms with Crippen LogP contribution >= 0.6 is 0 Å². The van der Waals surface area contributed by atoms with Gasteiger partial charge in [0, 0.05) is 5.41 Å². The molecule has 0 aromatic heterocycles. The van der Waals surface area contributed by atoms with Gasteiger partial charge in [-0.1, -0.05) is 12.1 Å². The fourth-order valence-electron chi connectivity index (χ4n) is 5.86. The molecule has 0 saturated heterocycles. The molecule has 1 aromatic carbocycles. The molecule has 146 valence electrons. The molecule has 0 unspecified atom stereocenters. The summed E-state index contributed by atoms with van der Waals surface area (Å²) in [6.07, 6.45) is 7.01. The van der Waals surface area contributed by atoms with Crippen LogP contribution in [0.5, 0.6) is 5.75 Å². The third-order valence-electron chi connectivity index (χ3n) is 6.61. The summed E-state index contributed by atoms with van der Waals surface area (Å²) in [4.78, 5) is 24.9. The maximum atomic E-state index is 12.8. The summed E-state index contributed by atoms with van der Waals surface area (Å²) in [6.45, 7) is 2.92. The highest BCUT2D eigenvalue weighted by atomic mass is 16.5. The molecule has 0 aliphatic heterocycles. The van der Waals surface area contributed by atoms with E-state index in [1.165, 1.54) is 19.3 Å². The molecular weight excluding hydrogens is 340 g/mol. The van der Waals surface area contributed by atoms with Crippen LogP contribution in [0.1, 0.15) is 44.1 Å². The van der Waals surface area contributed by atoms with Crippen molar-refractivity contribution in [3.63, 3.8) is 0 Å². The summed E-state index contributed by atoms with van der Waals surface area (Å²) in [5.74, 6) is 2.95. The maximum absolute atomic E-state index is 12.8. The van der Waals surface area contributed by atoms with Gasteiger partial charge in [-0.25, -0.2) is 0 Å². The second-order valence-corrected chi connectivity index (χ2v) is 8.90. The van der Waals surface area contributed by atoms with Gasteiger partial charge in [0.15, 0.2) is 0 Å². The number of nitrogens with one attached hydrogen (secondary N) is 2. The van der Waals surface area contributed by atoms with Crippen molar-refractivity contribution in [3.8, 4) is 5.75 Å². The molecule has 1 aromatic rings. The number of ether oxygens (including phenoxy) is 1. The van der Waals surface area contributed by atoms with E-state index in [1.807, 2.05) is 31.2 Å². The lowest BCUT2D eigenvalue weighted by atomic mass is 9.49. The van der Waals surface area contributed by atoms with Gasteiger partial charge in [-0.2, -0.15) is 0 Å². The predicted molar refractivity (Wildman–Crippen MR) is 103 cm³/mol. The second-order valence-electron chi connectivity index (χ2n) is 8.90. The number of hydrogen-bond acceptors (Lipinski definition) is 3. The first-order valence-electron chi connectivity index (χ1n) is 10.3. The van der Waals surface area contributed by atoms with Crippen molar-refractivity contribution in [2.45, 2.75) is 45.4 Å². The number of amides is 2. The minimum atomic E-state index is -0.191. The number of carbonyl (C=O) groups is 2. The van der Waals surface area contributed by atoms with E-state index in [2.05, 4.69) is 10.6 Å². The Labute approximate surface area is 161 Å². The lowest BCUT2D eigenvalue weighted by molar-refractivity contribution is -0.147. The highest BCUT2D eigenvalue weighted by Crippen LogP contribution is 2.60. The highest BCUT2D eigenvalue weighted by molar-refractivity contribution is 5.88. The maximum Gasteiger partial charge on any atom is 0.239 e. The van der Waals surface area contributed by atoms with Crippen molar-refractivity contribution in [3.05, 3.63) is 29.8 Å². The number of benzene rings is 1. The summed E-state index contributed by atoms with van der Waals surface area (Å²) in [7, 11) is 0. The SMILES string of the molecule is Cc1cccc(OCCNC(=O)CNC(=O)C23CC4CC(CC(C4)C2)C3)c1. The number of aryl methyl sites for hydroxylation is 1. The van der Waals surface area contributed by atoms with E-state index in [0.717, 1.165) is 48.3 Å². The first-order chi connectivity index (χ1) is 13.0. The lowest BCUT2D eigenvalue weighted by Gasteiger charge is -2.55. The molecule has 0 heterocycles. The zero-order chi connectivity index (χ0) is 18.9. The third-order valence-corrected chi connectivity index (χ3v) is 6.61. The zero-order valence-corrected chi connectivity index (χ0v) is 16.1. The van der Waals surface area contributed by atoms with Crippen molar-refractivity contribution in [1.82, 2.24) is 10.6 Å². The molecule has 5 rings (SSSR count). The lowest BCUT2D eigenvalue weighted by Crippen LogP contribution is -2.54. The summed E-state index contributed by atoms with van der Waals surface area (Å²) in [5.41, 5.74) is 0.951. The molecule has 4 aliphatic carbocycles. The zero-order valence-electron chi connectivity index (χ0n) is 16.1. The third kappa shape index (κ3) is 4.12. The topological polar surface area (TPSA) is 67.4 Å². The second kappa shape index (κ2) is 7.53. The van der Waals surface area contributed by atoms with Crippen molar-refractivity contribution < 1.29 is 14.3 Å². The molecule has 5 nitrogen and oxygen atoms in total. The van der Waals surface area contributed by atoms with Gasteiger partial charge in [0.1, 0.15) is 12.4 Å². The summed E-state index contributed by atoms with van der Waals surface area (Å²) < 4.78 is 5.63. The van der Waals surface area contributed by atoms with Crippen LogP contribution in [0.3, 0.4) is 0 Å². The summed E-state index contributed by atoms with van der Waals surface area (Å²) in [5, 5.41) is 5.73. The predicted octanol–water partition coefficient (Wildman–Crippen LogP) is 2.82. The van der Waals surface area contributed by atoms with Gasteiger partial charge in [-0.05, 0) is 80.9 Å². The van der Waals surface area contributed by atoms with E-state index >= 15 is 0 Å². The van der Waals surface area contributed by atoms with Gasteiger partial charge < -0.3 is 15.4 Å². The van der Waals surface area contributed by atoms with E-state index < -0.39 is 0 Å². The fourth-order valence-corrected chi connectivity index (χ4v) is 5.86. The van der Waals surface area contributed by atoms with Gasteiger partial charge >= 0.3 is 0 Å². The van der Waals surface area contributed by atoms with Crippen LogP contribution in [0.15, 0.2) is 24.3 Å². The number of hydrogen-bond donors (Lipinski definition) is 2. The standard InChI is InChI=1S/C22H30N2O3/c1-15-3-2-4-19(7-15)27-6-5-23-20(25)14-24-21(26)22-11-16-8-17(12-22)10-18(9-16)13-22/h2-4,7,16-18H,5-6,8-14H2,1H3,(H,23,25)(H,24,26). The Morgan fingerprint density at radius 1 is 1.07 bits per heavy atom. The van der Waals surface area contributed by atoms with Crippen LogP contribution in [-0.2, 0) is 9.59 Å². The van der Waals surface area contributed by atoms with E-state index in [-0.39, 0.29) is 23.8 Å². The molecule has 4 aliphatic rings. The first-order valence-corrected chi connectivity index (χ1v) is 10.3. The molecule has 4 saturated carbocycles. The summed E-state index contributed by atoms with van der Waals surface area (Å²) >= 11 is 0. The largest absolute Gasteiger partial charge is 0.492 e. The Balaban J connectivity index is 1.18. The van der Waals surface area contributed by atoms with Crippen LogP contribution in [0.25, 0.3) is 0 Å². The van der Waals surface area contributed by atoms with Crippen LogP contribution in [-0.4, -0.2) is 31.5 Å². The minimum Gasteiger partial charge on any atom is -0.492 e. The average Bonchev–Trinajstić information content (AvgIpc) is 2.62. The van der Waals surface area contributed by atoms with E-state index in [1.54, 1.807) is 0 Å². The van der Waals surface area contributed by atoms with Crippen LogP contribution < -0.4 is 15.4 Å². The Morgan fingerprint density at radius 2 is 1.74 bits per heavy atom. The Bertz CT molecular complexity index is 680. The molecule has 4 bridgehead atoms. The Morgan fingerprint density at radius 3 is 2.37 bits per heavy atom. The number of carbonyl (C=O) groups excluding carboxylic acids is 2. The van der Waals surface area contributed by atoms with Crippen molar-refractivity contribution in [2.24, 2.45) is 23.2 Å². The molecule has 0 radical (unpaired) electrons. The molecule has 4 fully saturated rings. The normalized spacial score (nSPS) is 30.8. The first kappa shape index (κ1) is 18.3. The Kier molecular flexibility index (Phi) is 5.11. The van der Waals surface area contributed by atoms with Crippen molar-refractivity contribution >= 4 is 11.8 Å². The molecule has 5 heteroatoms. The Hall–Kier alpha value is -2.04. The number of rotatable bonds is 7. The van der Waals surface area contributed by atoms with Crippen LogP contribution in [0.2, 0.25) is 0 Å². The van der Waals surface area contributed by atoms with Gasteiger partial charge in [-0.15, -0.1) is 0 Å². The van der Waals surface area contributed by atoms with Crippen LogP contribution in [0, 0.1) is 30.1 Å². The van der Waals surface area contributed by atoms with Crippen molar-refractivity contribution in [2.75, 3.05) is 19.7 Å². The molecule has 0 atom stereocenters. The van der Waals surface area contributed by atoms with Crippen LogP contribution in [0.4, 0.5) is 0 Å². The van der Waals surface area contributed by atoms with E-state index in [0.29, 0.717) is 13.2 Å². The molecular formula is C22H30N2O3. The highest BCUT2D eigenvalue weighted by Gasteiger charge is 2.54. The molecule has 0 spiro atoms. The van der Waals surface area contributed by atoms with Gasteiger partial charge in [-0.3, -0.25) is 9.59 Å². The van der Waals surface area contributed by atoms with Gasteiger partial charge in [0.25, 0.3) is 0 Å². The minimum absolute atomic E-state index is 0.0605. The fraction of sp³-hybridized carbons (Fsp3) is 0.636. The van der Waals surface area contributed by atoms with Crippen molar-refractivity contribution in [1.29, 1.82) is 0 Å². The quantitative estimate of drug-likeness (QED) is 0.725. The summed E-state index contributed by atoms with van der Waals surface area (Å²) in [6, 6.07) is 7.83. The molecule has 2 N–H and O–H groups in total. The molecule has 27 heavy (non-hydrogen) atoms. The van der Waals surface area contributed by atoms with E-state index in [4.69, 9.17) is 4.74 Å². The molecule has 2 amide bonds. The smallest absolute Gasteiger partial charge is 0.239 e. The monoisotopic (exact) mass is 370 g/mol. The van der Waals surface area contributed by atoms with E-state index in [9.17, 15) is 9.59 Å². The van der Waals surface area contributed by atoms with Gasteiger partial charge in [0.05, 0.1) is 13.1 Å². The van der Waals surface area contributed by atoms with Gasteiger partial charge in [0.2, 0.25) is 11.8 Å². The average molecular weight is 370 g/mol.